The lowest BCUT2D eigenvalue weighted by molar-refractivity contribution is 0.0696. The molecule has 0 saturated carbocycles. The van der Waals surface area contributed by atoms with Gasteiger partial charge in [-0.1, -0.05) is 13.8 Å². The van der Waals surface area contributed by atoms with Crippen LogP contribution in [0.4, 0.5) is 0 Å². The van der Waals surface area contributed by atoms with Crippen molar-refractivity contribution in [3.63, 3.8) is 0 Å². The van der Waals surface area contributed by atoms with Crippen molar-refractivity contribution in [1.29, 1.82) is 0 Å². The van der Waals surface area contributed by atoms with Crippen molar-refractivity contribution in [3.05, 3.63) is 23.7 Å². The van der Waals surface area contributed by atoms with E-state index in [1.807, 2.05) is 0 Å². The van der Waals surface area contributed by atoms with Crippen molar-refractivity contribution in [2.45, 2.75) is 39.7 Å². The van der Waals surface area contributed by atoms with Crippen molar-refractivity contribution in [2.75, 3.05) is 0 Å². The zero-order valence-corrected chi connectivity index (χ0v) is 11.0. The molecule has 5 heteroatoms. The Morgan fingerprint density at radius 1 is 1.33 bits per heavy atom. The number of carboxylic acids is 1. The van der Waals surface area contributed by atoms with Gasteiger partial charge in [-0.15, -0.1) is 0 Å². The van der Waals surface area contributed by atoms with Gasteiger partial charge < -0.3 is 9.67 Å². The minimum atomic E-state index is -0.977. The number of nitrogens with zero attached hydrogens (tertiary/aromatic N) is 3. The quantitative estimate of drug-likeness (QED) is 0.905. The molecule has 0 bridgehead atoms. The fraction of sp³-hybridized carbons (Fsp3) is 0.462. The topological polar surface area (TPSA) is 68.0 Å². The Hall–Kier alpha value is -1.91. The summed E-state index contributed by atoms with van der Waals surface area (Å²) in [6.45, 7) is 8.27. The maximum atomic E-state index is 10.9. The fourth-order valence-electron chi connectivity index (χ4n) is 2.03. The van der Waals surface area contributed by atoms with Crippen LogP contribution < -0.4 is 0 Å². The third-order valence-electron chi connectivity index (χ3n) is 2.84. The van der Waals surface area contributed by atoms with Crippen molar-refractivity contribution in [2.24, 2.45) is 0 Å². The molecule has 0 aliphatic rings. The molecule has 0 fully saturated rings. The largest absolute Gasteiger partial charge is 0.478 e. The first-order chi connectivity index (χ1) is 8.41. The second-order valence-electron chi connectivity index (χ2n) is 4.96. The average molecular weight is 247 g/mol. The van der Waals surface area contributed by atoms with Gasteiger partial charge in [0.1, 0.15) is 11.3 Å². The van der Waals surface area contributed by atoms with Crippen molar-refractivity contribution < 1.29 is 9.90 Å². The molecule has 2 rings (SSSR count). The summed E-state index contributed by atoms with van der Waals surface area (Å²) in [5.74, 6) is 0.236. The molecular weight excluding hydrogens is 230 g/mol. The summed E-state index contributed by atoms with van der Waals surface area (Å²) in [5.41, 5.74) is 1.57. The highest BCUT2D eigenvalue weighted by molar-refractivity contribution is 5.90. The van der Waals surface area contributed by atoms with E-state index < -0.39 is 5.97 Å². The Balaban J connectivity index is 2.72. The van der Waals surface area contributed by atoms with Gasteiger partial charge in [-0.3, -0.25) is 0 Å². The predicted octanol–water partition coefficient (Wildman–Crippen LogP) is 2.83. The van der Waals surface area contributed by atoms with Crippen LogP contribution in [-0.2, 0) is 0 Å². The van der Waals surface area contributed by atoms with E-state index in [1.165, 1.54) is 6.20 Å². The zero-order chi connectivity index (χ0) is 13.4. The summed E-state index contributed by atoms with van der Waals surface area (Å²) in [6.07, 6.45) is 1.38. The molecule has 0 saturated heterocycles. The van der Waals surface area contributed by atoms with Crippen molar-refractivity contribution in [1.82, 2.24) is 14.5 Å². The van der Waals surface area contributed by atoms with E-state index in [0.29, 0.717) is 5.52 Å². The Morgan fingerprint density at radius 2 is 2.00 bits per heavy atom. The Labute approximate surface area is 105 Å². The number of carboxylic acid groups (broad SMARTS) is 1. The number of hydrogen-bond acceptors (Lipinski definition) is 3. The van der Waals surface area contributed by atoms with Crippen LogP contribution in [0.3, 0.4) is 0 Å². The van der Waals surface area contributed by atoms with Crippen molar-refractivity contribution in [3.8, 4) is 0 Å². The number of hydrogen-bond donors (Lipinski definition) is 1. The van der Waals surface area contributed by atoms with Crippen LogP contribution in [-0.4, -0.2) is 25.6 Å². The number of rotatable bonds is 3. The number of carbonyl (C=O) groups is 1. The predicted molar refractivity (Wildman–Crippen MR) is 69.0 cm³/mol. The molecule has 0 atom stereocenters. The molecule has 0 aliphatic carbocycles. The molecule has 96 valence electrons. The Kier molecular flexibility index (Phi) is 3.07. The highest BCUT2D eigenvalue weighted by Gasteiger charge is 2.18. The van der Waals surface area contributed by atoms with Crippen molar-refractivity contribution >= 4 is 17.1 Å². The Bertz CT molecular complexity index is 600. The maximum Gasteiger partial charge on any atom is 0.337 e. The van der Waals surface area contributed by atoms with Gasteiger partial charge in [-0.2, -0.15) is 0 Å². The normalized spacial score (nSPS) is 11.7. The number of pyridine rings is 1. The molecule has 2 heterocycles. The second kappa shape index (κ2) is 4.40. The lowest BCUT2D eigenvalue weighted by Crippen LogP contribution is -2.08. The number of fused-ring (bicyclic) bond motifs is 1. The van der Waals surface area contributed by atoms with E-state index in [4.69, 9.17) is 5.11 Å². The minimum Gasteiger partial charge on any atom is -0.478 e. The lowest BCUT2D eigenvalue weighted by Gasteiger charge is -2.14. The third kappa shape index (κ3) is 1.96. The summed E-state index contributed by atoms with van der Waals surface area (Å²) in [7, 11) is 0. The van der Waals surface area contributed by atoms with Gasteiger partial charge in [-0.05, 0) is 19.9 Å². The first-order valence-corrected chi connectivity index (χ1v) is 6.03. The average Bonchev–Trinajstić information content (AvgIpc) is 2.66. The van der Waals surface area contributed by atoms with Gasteiger partial charge in [0, 0.05) is 18.2 Å². The third-order valence-corrected chi connectivity index (χ3v) is 2.84. The van der Waals surface area contributed by atoms with Crippen LogP contribution in [0.2, 0.25) is 0 Å². The summed E-state index contributed by atoms with van der Waals surface area (Å²) in [5, 5.41) is 8.96. The van der Waals surface area contributed by atoms with E-state index in [-0.39, 0.29) is 17.5 Å². The first-order valence-electron chi connectivity index (χ1n) is 6.03. The molecule has 1 N–H and O–H groups in total. The monoisotopic (exact) mass is 247 g/mol. The molecule has 0 spiro atoms. The summed E-state index contributed by atoms with van der Waals surface area (Å²) >= 11 is 0. The van der Waals surface area contributed by atoms with Gasteiger partial charge in [0.05, 0.1) is 5.56 Å². The van der Waals surface area contributed by atoms with Gasteiger partial charge in [-0.25, -0.2) is 14.8 Å². The van der Waals surface area contributed by atoms with E-state index in [2.05, 4.69) is 42.2 Å². The van der Waals surface area contributed by atoms with Crippen LogP contribution in [0.1, 0.15) is 55.8 Å². The fourth-order valence-corrected chi connectivity index (χ4v) is 2.03. The van der Waals surface area contributed by atoms with E-state index in [0.717, 1.165) is 11.5 Å². The number of aromatic carboxylic acids is 1. The molecule has 0 amide bonds. The highest BCUT2D eigenvalue weighted by Crippen LogP contribution is 2.24. The van der Waals surface area contributed by atoms with Crippen LogP contribution in [0, 0.1) is 0 Å². The van der Waals surface area contributed by atoms with Crippen LogP contribution in [0.25, 0.3) is 11.2 Å². The van der Waals surface area contributed by atoms with Gasteiger partial charge >= 0.3 is 5.97 Å². The molecule has 0 unspecified atom stereocenters. The summed E-state index contributed by atoms with van der Waals surface area (Å²) in [4.78, 5) is 19.7. The van der Waals surface area contributed by atoms with Gasteiger partial charge in [0.15, 0.2) is 5.65 Å². The molecule has 18 heavy (non-hydrogen) atoms. The standard InChI is InChI=1S/C13H17N3O2/c1-7(2)11-15-10-5-9(13(17)18)6-14-12(10)16(11)8(3)4/h5-8H,1-4H3,(H,17,18). The first kappa shape index (κ1) is 12.5. The molecule has 0 aliphatic heterocycles. The number of imidazole rings is 1. The van der Waals surface area contributed by atoms with E-state index in [1.54, 1.807) is 6.07 Å². The molecule has 5 nitrogen and oxygen atoms in total. The second-order valence-corrected chi connectivity index (χ2v) is 4.96. The molecule has 2 aromatic rings. The molecule has 2 aromatic heterocycles. The van der Waals surface area contributed by atoms with Gasteiger partial charge in [0.25, 0.3) is 0 Å². The molecular formula is C13H17N3O2. The van der Waals surface area contributed by atoms with E-state index in [9.17, 15) is 4.79 Å². The minimum absolute atomic E-state index is 0.172. The SMILES string of the molecule is CC(C)c1nc2cc(C(=O)O)cnc2n1C(C)C. The van der Waals surface area contributed by atoms with E-state index >= 15 is 0 Å². The van der Waals surface area contributed by atoms with Crippen LogP contribution >= 0.6 is 0 Å². The van der Waals surface area contributed by atoms with Gasteiger partial charge in [0.2, 0.25) is 0 Å². The Morgan fingerprint density at radius 3 is 2.50 bits per heavy atom. The lowest BCUT2D eigenvalue weighted by atomic mass is 10.2. The number of aromatic nitrogens is 3. The smallest absolute Gasteiger partial charge is 0.337 e. The maximum absolute atomic E-state index is 10.9. The molecule has 0 aromatic carbocycles. The molecule has 0 radical (unpaired) electrons. The van der Waals surface area contributed by atoms with Crippen LogP contribution in [0.5, 0.6) is 0 Å². The summed E-state index contributed by atoms with van der Waals surface area (Å²) < 4.78 is 2.06. The van der Waals surface area contributed by atoms with Crippen LogP contribution in [0.15, 0.2) is 12.3 Å². The zero-order valence-electron chi connectivity index (χ0n) is 11.0. The summed E-state index contributed by atoms with van der Waals surface area (Å²) in [6, 6.07) is 1.82. The highest BCUT2D eigenvalue weighted by atomic mass is 16.4.